The minimum Gasteiger partial charge on any atom is -0.256 e. The zero-order chi connectivity index (χ0) is 16.2. The molecule has 0 spiro atoms. The molecule has 0 unspecified atom stereocenters. The van der Waals surface area contributed by atoms with E-state index in [1.807, 2.05) is 42.6 Å². The fraction of sp³-hybridized carbons (Fsp3) is 0.0526. The first-order valence-corrected chi connectivity index (χ1v) is 8.59. The van der Waals surface area contributed by atoms with Gasteiger partial charge in [-0.15, -0.1) is 10.2 Å². The van der Waals surface area contributed by atoms with Crippen molar-refractivity contribution in [3.8, 4) is 11.4 Å². The summed E-state index contributed by atoms with van der Waals surface area (Å²) in [5.74, 6) is 0.811. The summed E-state index contributed by atoms with van der Waals surface area (Å²) in [6.07, 6.45) is 3.59. The normalized spacial score (nSPS) is 10.8. The van der Waals surface area contributed by atoms with Gasteiger partial charge in [0.2, 0.25) is 0 Å². The Labute approximate surface area is 144 Å². The standard InChI is InChI=1S/C19H14N4S/c1-2-11-20-16(8-1)17-9-10-18(23-22-17)24-13-15-6-3-5-14-7-4-12-21-19(14)15/h1-12H,13H2. The van der Waals surface area contributed by atoms with Crippen LogP contribution in [0.3, 0.4) is 0 Å². The van der Waals surface area contributed by atoms with Crippen LogP contribution in [0.1, 0.15) is 5.56 Å². The van der Waals surface area contributed by atoms with Gasteiger partial charge in [0.25, 0.3) is 0 Å². The van der Waals surface area contributed by atoms with E-state index in [9.17, 15) is 0 Å². The Kier molecular flexibility index (Phi) is 4.16. The smallest absolute Gasteiger partial charge is 0.119 e. The average molecular weight is 330 g/mol. The highest BCUT2D eigenvalue weighted by Gasteiger charge is 2.05. The molecule has 4 rings (SSSR count). The van der Waals surface area contributed by atoms with Crippen LogP contribution in [0.25, 0.3) is 22.3 Å². The highest BCUT2D eigenvalue weighted by atomic mass is 32.2. The molecule has 0 aliphatic heterocycles. The van der Waals surface area contributed by atoms with Gasteiger partial charge in [0.15, 0.2) is 0 Å². The van der Waals surface area contributed by atoms with Crippen LogP contribution in [0, 0.1) is 0 Å². The Morgan fingerprint density at radius 1 is 0.708 bits per heavy atom. The molecule has 0 atom stereocenters. The molecule has 4 aromatic rings. The van der Waals surface area contributed by atoms with Crippen molar-refractivity contribution in [2.24, 2.45) is 0 Å². The second-order valence-electron chi connectivity index (χ2n) is 5.25. The van der Waals surface area contributed by atoms with E-state index in [1.54, 1.807) is 18.0 Å². The summed E-state index contributed by atoms with van der Waals surface area (Å²) < 4.78 is 0. The Bertz CT molecular complexity index is 950. The van der Waals surface area contributed by atoms with Crippen LogP contribution in [0.4, 0.5) is 0 Å². The second-order valence-corrected chi connectivity index (χ2v) is 6.25. The van der Waals surface area contributed by atoms with Crippen LogP contribution in [0.15, 0.2) is 78.1 Å². The van der Waals surface area contributed by atoms with Gasteiger partial charge in [-0.05, 0) is 35.9 Å². The lowest BCUT2D eigenvalue weighted by atomic mass is 10.1. The quantitative estimate of drug-likeness (QED) is 0.520. The molecule has 0 aliphatic rings. The minimum atomic E-state index is 0.784. The van der Waals surface area contributed by atoms with Gasteiger partial charge in [0.1, 0.15) is 10.7 Å². The second kappa shape index (κ2) is 6.76. The number of benzene rings is 1. The Morgan fingerprint density at radius 2 is 1.62 bits per heavy atom. The van der Waals surface area contributed by atoms with Crippen molar-refractivity contribution >= 4 is 22.7 Å². The van der Waals surface area contributed by atoms with Crippen molar-refractivity contribution < 1.29 is 0 Å². The van der Waals surface area contributed by atoms with E-state index < -0.39 is 0 Å². The number of fused-ring (bicyclic) bond motifs is 1. The molecule has 0 N–H and O–H groups in total. The minimum absolute atomic E-state index is 0.784. The van der Waals surface area contributed by atoms with E-state index in [0.717, 1.165) is 33.1 Å². The third kappa shape index (κ3) is 3.12. The summed E-state index contributed by atoms with van der Waals surface area (Å²) in [7, 11) is 0. The van der Waals surface area contributed by atoms with Crippen molar-refractivity contribution in [1.29, 1.82) is 0 Å². The van der Waals surface area contributed by atoms with Gasteiger partial charge in [-0.2, -0.15) is 0 Å². The van der Waals surface area contributed by atoms with E-state index in [1.165, 1.54) is 5.56 Å². The van der Waals surface area contributed by atoms with Crippen molar-refractivity contribution in [1.82, 2.24) is 20.2 Å². The molecule has 0 amide bonds. The first-order chi connectivity index (χ1) is 11.9. The number of nitrogens with zero attached hydrogens (tertiary/aromatic N) is 4. The van der Waals surface area contributed by atoms with Crippen molar-refractivity contribution in [3.05, 3.63) is 78.6 Å². The van der Waals surface area contributed by atoms with Crippen LogP contribution in [-0.4, -0.2) is 20.2 Å². The first-order valence-electron chi connectivity index (χ1n) is 7.61. The average Bonchev–Trinajstić information content (AvgIpc) is 2.67. The Morgan fingerprint density at radius 3 is 2.46 bits per heavy atom. The molecule has 0 fully saturated rings. The zero-order valence-corrected chi connectivity index (χ0v) is 13.6. The summed E-state index contributed by atoms with van der Waals surface area (Å²) >= 11 is 1.66. The lowest BCUT2D eigenvalue weighted by molar-refractivity contribution is 0.931. The molecular formula is C19H14N4S. The van der Waals surface area contributed by atoms with Crippen LogP contribution in [0.5, 0.6) is 0 Å². The molecule has 0 bridgehead atoms. The number of aromatic nitrogens is 4. The highest BCUT2D eigenvalue weighted by Crippen LogP contribution is 2.25. The van der Waals surface area contributed by atoms with Crippen LogP contribution in [-0.2, 0) is 5.75 Å². The fourth-order valence-electron chi connectivity index (χ4n) is 2.48. The molecule has 4 nitrogen and oxygen atoms in total. The predicted octanol–water partition coefficient (Wildman–Crippen LogP) is 4.38. The molecule has 24 heavy (non-hydrogen) atoms. The van der Waals surface area contributed by atoms with E-state index in [-0.39, 0.29) is 0 Å². The molecule has 3 heterocycles. The molecule has 5 heteroatoms. The van der Waals surface area contributed by atoms with Crippen LogP contribution in [0.2, 0.25) is 0 Å². The summed E-state index contributed by atoms with van der Waals surface area (Å²) in [6.45, 7) is 0. The monoisotopic (exact) mass is 330 g/mol. The van der Waals surface area contributed by atoms with Gasteiger partial charge in [0.05, 0.1) is 11.2 Å². The van der Waals surface area contributed by atoms with E-state index in [0.29, 0.717) is 0 Å². The van der Waals surface area contributed by atoms with E-state index in [2.05, 4.69) is 44.4 Å². The third-order valence-electron chi connectivity index (χ3n) is 3.66. The molecule has 3 aromatic heterocycles. The summed E-state index contributed by atoms with van der Waals surface area (Å²) in [6, 6.07) is 20.0. The number of hydrogen-bond acceptors (Lipinski definition) is 5. The molecule has 0 radical (unpaired) electrons. The van der Waals surface area contributed by atoms with Crippen molar-refractivity contribution in [2.45, 2.75) is 10.8 Å². The van der Waals surface area contributed by atoms with Crippen LogP contribution >= 0.6 is 11.8 Å². The Balaban J connectivity index is 1.52. The highest BCUT2D eigenvalue weighted by molar-refractivity contribution is 7.98. The topological polar surface area (TPSA) is 51.6 Å². The number of para-hydroxylation sites is 1. The first kappa shape index (κ1) is 14.8. The van der Waals surface area contributed by atoms with Gasteiger partial charge in [-0.25, -0.2) is 0 Å². The molecule has 0 saturated heterocycles. The number of thioether (sulfide) groups is 1. The summed E-state index contributed by atoms with van der Waals surface area (Å²) in [4.78, 5) is 8.78. The maximum atomic E-state index is 4.49. The SMILES string of the molecule is c1ccc(-c2ccc(SCc3cccc4cccnc34)nn2)nc1. The fourth-order valence-corrected chi connectivity index (χ4v) is 3.28. The summed E-state index contributed by atoms with van der Waals surface area (Å²) in [5, 5.41) is 10.6. The molecule has 1 aromatic carbocycles. The molecule has 0 aliphatic carbocycles. The van der Waals surface area contributed by atoms with E-state index in [4.69, 9.17) is 0 Å². The molecule has 116 valence electrons. The van der Waals surface area contributed by atoms with Gasteiger partial charge in [-0.1, -0.05) is 42.1 Å². The van der Waals surface area contributed by atoms with E-state index >= 15 is 0 Å². The largest absolute Gasteiger partial charge is 0.256 e. The Hall–Kier alpha value is -2.79. The zero-order valence-electron chi connectivity index (χ0n) is 12.8. The van der Waals surface area contributed by atoms with Gasteiger partial charge < -0.3 is 0 Å². The maximum absolute atomic E-state index is 4.49. The number of rotatable bonds is 4. The van der Waals surface area contributed by atoms with Crippen molar-refractivity contribution in [3.63, 3.8) is 0 Å². The number of pyridine rings is 2. The van der Waals surface area contributed by atoms with Gasteiger partial charge in [-0.3, -0.25) is 9.97 Å². The van der Waals surface area contributed by atoms with Gasteiger partial charge >= 0.3 is 0 Å². The lowest BCUT2D eigenvalue weighted by Crippen LogP contribution is -1.92. The maximum Gasteiger partial charge on any atom is 0.119 e. The third-order valence-corrected chi connectivity index (χ3v) is 4.63. The predicted molar refractivity (Wildman–Crippen MR) is 96.6 cm³/mol. The van der Waals surface area contributed by atoms with Crippen molar-refractivity contribution in [2.75, 3.05) is 0 Å². The number of hydrogen-bond donors (Lipinski definition) is 0. The van der Waals surface area contributed by atoms with Crippen LogP contribution < -0.4 is 0 Å². The van der Waals surface area contributed by atoms with Gasteiger partial charge in [0, 0.05) is 23.5 Å². The summed E-state index contributed by atoms with van der Waals surface area (Å²) in [5.41, 5.74) is 3.87. The molecule has 0 saturated carbocycles. The molecular weight excluding hydrogens is 316 g/mol. The lowest BCUT2D eigenvalue weighted by Gasteiger charge is -2.05.